The van der Waals surface area contributed by atoms with Gasteiger partial charge in [-0.25, -0.2) is 4.79 Å². The molecule has 0 aromatic carbocycles. The zero-order chi connectivity index (χ0) is 11.3. The van der Waals surface area contributed by atoms with E-state index in [2.05, 4.69) is 16.7 Å². The van der Waals surface area contributed by atoms with E-state index in [9.17, 15) is 4.79 Å². The summed E-state index contributed by atoms with van der Waals surface area (Å²) < 4.78 is 4.65. The SMILES string of the molecule is COC(=O)N(C)CCC1CCCN(C)C1. The monoisotopic (exact) mass is 214 g/mol. The minimum Gasteiger partial charge on any atom is -0.453 e. The average molecular weight is 214 g/mol. The van der Waals surface area contributed by atoms with Crippen LogP contribution in [0.4, 0.5) is 4.79 Å². The predicted octanol–water partition coefficient (Wildman–Crippen LogP) is 1.42. The van der Waals surface area contributed by atoms with Crippen molar-refractivity contribution in [1.29, 1.82) is 0 Å². The van der Waals surface area contributed by atoms with Gasteiger partial charge in [0.2, 0.25) is 0 Å². The highest BCUT2D eigenvalue weighted by atomic mass is 16.5. The highest BCUT2D eigenvalue weighted by molar-refractivity contribution is 5.66. The van der Waals surface area contributed by atoms with E-state index in [1.54, 1.807) is 11.9 Å². The maximum absolute atomic E-state index is 11.1. The molecular weight excluding hydrogens is 192 g/mol. The molecule has 1 aliphatic rings. The Labute approximate surface area is 92.2 Å². The Morgan fingerprint density at radius 3 is 2.93 bits per heavy atom. The lowest BCUT2D eigenvalue weighted by molar-refractivity contribution is 0.126. The summed E-state index contributed by atoms with van der Waals surface area (Å²) >= 11 is 0. The summed E-state index contributed by atoms with van der Waals surface area (Å²) in [4.78, 5) is 15.2. The zero-order valence-electron chi connectivity index (χ0n) is 10.0. The van der Waals surface area contributed by atoms with Gasteiger partial charge >= 0.3 is 6.09 Å². The van der Waals surface area contributed by atoms with Gasteiger partial charge in [-0.05, 0) is 38.8 Å². The summed E-state index contributed by atoms with van der Waals surface area (Å²) in [5.74, 6) is 0.732. The molecule has 1 rings (SSSR count). The van der Waals surface area contributed by atoms with Crippen LogP contribution in [0.15, 0.2) is 0 Å². The number of methoxy groups -OCH3 is 1. The van der Waals surface area contributed by atoms with Gasteiger partial charge in [0.25, 0.3) is 0 Å². The van der Waals surface area contributed by atoms with Crippen LogP contribution < -0.4 is 0 Å². The van der Waals surface area contributed by atoms with Crippen molar-refractivity contribution in [2.45, 2.75) is 19.3 Å². The van der Waals surface area contributed by atoms with Gasteiger partial charge in [0.15, 0.2) is 0 Å². The molecule has 88 valence electrons. The van der Waals surface area contributed by atoms with Crippen molar-refractivity contribution in [2.75, 3.05) is 40.8 Å². The Balaban J connectivity index is 2.21. The molecule has 0 bridgehead atoms. The fourth-order valence-electron chi connectivity index (χ4n) is 2.13. The van der Waals surface area contributed by atoms with E-state index in [4.69, 9.17) is 0 Å². The van der Waals surface area contributed by atoms with E-state index in [-0.39, 0.29) is 6.09 Å². The number of piperidine rings is 1. The molecule has 1 unspecified atom stereocenters. The third-order valence-electron chi connectivity index (χ3n) is 3.08. The lowest BCUT2D eigenvalue weighted by Gasteiger charge is -2.30. The highest BCUT2D eigenvalue weighted by Gasteiger charge is 2.18. The second-order valence-electron chi connectivity index (χ2n) is 4.45. The molecule has 1 fully saturated rings. The van der Waals surface area contributed by atoms with Gasteiger partial charge in [0.1, 0.15) is 0 Å². The van der Waals surface area contributed by atoms with Crippen molar-refractivity contribution in [3.8, 4) is 0 Å². The molecule has 1 aliphatic heterocycles. The molecule has 0 saturated carbocycles. The second kappa shape index (κ2) is 5.95. The van der Waals surface area contributed by atoms with Crippen molar-refractivity contribution >= 4 is 6.09 Å². The number of carbonyl (C=O) groups excluding carboxylic acids is 1. The van der Waals surface area contributed by atoms with E-state index in [1.165, 1.54) is 26.5 Å². The quantitative estimate of drug-likeness (QED) is 0.712. The largest absolute Gasteiger partial charge is 0.453 e. The normalized spacial score (nSPS) is 22.5. The molecule has 4 nitrogen and oxygen atoms in total. The highest BCUT2D eigenvalue weighted by Crippen LogP contribution is 2.18. The van der Waals surface area contributed by atoms with Gasteiger partial charge in [0, 0.05) is 20.1 Å². The van der Waals surface area contributed by atoms with Crippen molar-refractivity contribution in [1.82, 2.24) is 9.80 Å². The fourth-order valence-corrected chi connectivity index (χ4v) is 2.13. The Morgan fingerprint density at radius 1 is 1.60 bits per heavy atom. The van der Waals surface area contributed by atoms with E-state index < -0.39 is 0 Å². The van der Waals surface area contributed by atoms with E-state index in [0.717, 1.165) is 25.4 Å². The van der Waals surface area contributed by atoms with E-state index >= 15 is 0 Å². The fraction of sp³-hybridized carbons (Fsp3) is 0.909. The van der Waals surface area contributed by atoms with Crippen LogP contribution >= 0.6 is 0 Å². The Bertz CT molecular complexity index is 209. The number of hydrogen-bond donors (Lipinski definition) is 0. The predicted molar refractivity (Wildman–Crippen MR) is 59.9 cm³/mol. The first-order chi connectivity index (χ1) is 7.13. The number of carbonyl (C=O) groups is 1. The summed E-state index contributed by atoms with van der Waals surface area (Å²) in [6, 6.07) is 0. The van der Waals surface area contributed by atoms with Gasteiger partial charge in [-0.15, -0.1) is 0 Å². The molecule has 0 aromatic heterocycles. The number of rotatable bonds is 3. The minimum absolute atomic E-state index is 0.237. The molecule has 0 N–H and O–H groups in total. The van der Waals surface area contributed by atoms with Crippen LogP contribution in [0.25, 0.3) is 0 Å². The van der Waals surface area contributed by atoms with Crippen LogP contribution in [0, 0.1) is 5.92 Å². The van der Waals surface area contributed by atoms with Crippen LogP contribution in [0.2, 0.25) is 0 Å². The third kappa shape index (κ3) is 4.08. The lowest BCUT2D eigenvalue weighted by Crippen LogP contribution is -2.35. The Kier molecular flexibility index (Phi) is 4.88. The summed E-state index contributed by atoms with van der Waals surface area (Å²) in [7, 11) is 5.38. The maximum Gasteiger partial charge on any atom is 0.409 e. The van der Waals surface area contributed by atoms with Crippen LogP contribution in [0.1, 0.15) is 19.3 Å². The first kappa shape index (κ1) is 12.3. The molecular formula is C11H22N2O2. The number of likely N-dealkylation sites (tertiary alicyclic amines) is 1. The summed E-state index contributed by atoms with van der Waals surface area (Å²) in [5.41, 5.74) is 0. The van der Waals surface area contributed by atoms with Crippen LogP contribution in [0.3, 0.4) is 0 Å². The number of amides is 1. The molecule has 0 spiro atoms. The molecule has 0 aromatic rings. The molecule has 1 amide bonds. The van der Waals surface area contributed by atoms with Crippen LogP contribution in [-0.2, 0) is 4.74 Å². The van der Waals surface area contributed by atoms with E-state index in [0.29, 0.717) is 0 Å². The van der Waals surface area contributed by atoms with Crippen LogP contribution in [-0.4, -0.2) is 56.7 Å². The van der Waals surface area contributed by atoms with Crippen molar-refractivity contribution in [2.24, 2.45) is 5.92 Å². The van der Waals surface area contributed by atoms with Gasteiger partial charge in [-0.2, -0.15) is 0 Å². The maximum atomic E-state index is 11.1. The molecule has 4 heteroatoms. The topological polar surface area (TPSA) is 32.8 Å². The van der Waals surface area contributed by atoms with Gasteiger partial charge in [0.05, 0.1) is 7.11 Å². The summed E-state index contributed by atoms with van der Waals surface area (Å²) in [6.07, 6.45) is 3.41. The Hall–Kier alpha value is -0.770. The van der Waals surface area contributed by atoms with Gasteiger partial charge in [-0.1, -0.05) is 0 Å². The molecule has 0 radical (unpaired) electrons. The van der Waals surface area contributed by atoms with E-state index in [1.807, 2.05) is 0 Å². The standard InChI is InChI=1S/C11H22N2O2/c1-12-7-4-5-10(9-12)6-8-13(2)11(14)15-3/h10H,4-9H2,1-3H3. The molecule has 0 aliphatic carbocycles. The number of hydrogen-bond acceptors (Lipinski definition) is 3. The van der Waals surface area contributed by atoms with Crippen LogP contribution in [0.5, 0.6) is 0 Å². The van der Waals surface area contributed by atoms with Gasteiger partial charge in [-0.3, -0.25) is 0 Å². The Morgan fingerprint density at radius 2 is 2.33 bits per heavy atom. The molecule has 1 atom stereocenters. The van der Waals surface area contributed by atoms with Crippen molar-refractivity contribution in [3.05, 3.63) is 0 Å². The minimum atomic E-state index is -0.237. The van der Waals surface area contributed by atoms with Crippen molar-refractivity contribution < 1.29 is 9.53 Å². The first-order valence-electron chi connectivity index (χ1n) is 5.61. The van der Waals surface area contributed by atoms with Crippen molar-refractivity contribution in [3.63, 3.8) is 0 Å². The number of nitrogens with zero attached hydrogens (tertiary/aromatic N) is 2. The first-order valence-corrected chi connectivity index (χ1v) is 5.61. The lowest BCUT2D eigenvalue weighted by atomic mass is 9.95. The zero-order valence-corrected chi connectivity index (χ0v) is 10.0. The van der Waals surface area contributed by atoms with Gasteiger partial charge < -0.3 is 14.5 Å². The molecule has 1 heterocycles. The summed E-state index contributed by atoms with van der Waals surface area (Å²) in [5, 5.41) is 0. The second-order valence-corrected chi connectivity index (χ2v) is 4.45. The summed E-state index contributed by atoms with van der Waals surface area (Å²) in [6.45, 7) is 3.17. The third-order valence-corrected chi connectivity index (χ3v) is 3.08. The smallest absolute Gasteiger partial charge is 0.409 e. The number of ether oxygens (including phenoxy) is 1. The molecule has 15 heavy (non-hydrogen) atoms. The molecule has 1 saturated heterocycles. The average Bonchev–Trinajstić information content (AvgIpc) is 2.25.